The highest BCUT2D eigenvalue weighted by atomic mass is 32.1. The molecule has 3 rings (SSSR count). The Hall–Kier alpha value is -2.81. The summed E-state index contributed by atoms with van der Waals surface area (Å²) >= 11 is 1.41. The van der Waals surface area contributed by atoms with Crippen LogP contribution < -0.4 is 10.9 Å². The molecule has 1 aromatic heterocycles. The van der Waals surface area contributed by atoms with Gasteiger partial charge in [-0.2, -0.15) is 4.39 Å². The largest absolute Gasteiger partial charge is 0.305 e. The van der Waals surface area contributed by atoms with Crippen LogP contribution in [0.1, 0.15) is 50.2 Å². The average molecular weight is 391 g/mol. The standard InChI is InChI=1S/C18H18FN3O4S/c1-2-10-3-6-15-12(7-10)9-16(27-15)18(24)21-20-17(23)11-4-5-13(19)14(8-11)22(25)26/h4-5,8-10H,2-3,6-7H2,1H3,(H,20,23)(H,21,24)/t10-/m0/s1. The van der Waals surface area contributed by atoms with Crippen LogP contribution in [0.15, 0.2) is 24.3 Å². The molecule has 2 N–H and O–H groups in total. The van der Waals surface area contributed by atoms with Gasteiger partial charge in [0, 0.05) is 16.5 Å². The van der Waals surface area contributed by atoms with Gasteiger partial charge in [-0.05, 0) is 48.9 Å². The van der Waals surface area contributed by atoms with Gasteiger partial charge in [0.05, 0.1) is 9.80 Å². The Bertz CT molecular complexity index is 912. The van der Waals surface area contributed by atoms with Crippen molar-refractivity contribution in [1.29, 1.82) is 0 Å². The number of thiophene rings is 1. The molecule has 0 radical (unpaired) electrons. The lowest BCUT2D eigenvalue weighted by atomic mass is 9.87. The predicted molar refractivity (Wildman–Crippen MR) is 98.1 cm³/mol. The number of nitrogens with one attached hydrogen (secondary N) is 2. The number of fused-ring (bicyclic) bond motifs is 1. The first kappa shape index (κ1) is 19.0. The maximum Gasteiger partial charge on any atom is 0.305 e. The number of amides is 2. The highest BCUT2D eigenvalue weighted by Crippen LogP contribution is 2.33. The van der Waals surface area contributed by atoms with Crippen molar-refractivity contribution >= 4 is 28.8 Å². The Morgan fingerprint density at radius 3 is 2.74 bits per heavy atom. The zero-order valence-electron chi connectivity index (χ0n) is 14.6. The molecule has 1 aromatic carbocycles. The van der Waals surface area contributed by atoms with Crippen LogP contribution in [-0.4, -0.2) is 16.7 Å². The molecule has 1 aliphatic carbocycles. The topological polar surface area (TPSA) is 101 Å². The minimum Gasteiger partial charge on any atom is -0.267 e. The number of carbonyl (C=O) groups is 2. The van der Waals surface area contributed by atoms with Crippen LogP contribution in [0.5, 0.6) is 0 Å². The van der Waals surface area contributed by atoms with E-state index in [0.29, 0.717) is 10.8 Å². The summed E-state index contributed by atoms with van der Waals surface area (Å²) in [6.07, 6.45) is 4.14. The summed E-state index contributed by atoms with van der Waals surface area (Å²) in [6.45, 7) is 2.16. The first-order chi connectivity index (χ1) is 12.9. The van der Waals surface area contributed by atoms with Crippen LogP contribution in [0.4, 0.5) is 10.1 Å². The summed E-state index contributed by atoms with van der Waals surface area (Å²) < 4.78 is 13.3. The SMILES string of the molecule is CC[C@H]1CCc2sc(C(=O)NNC(=O)c3ccc(F)c([N+](=O)[O-])c3)cc2C1. The molecule has 0 spiro atoms. The van der Waals surface area contributed by atoms with Crippen molar-refractivity contribution in [3.8, 4) is 0 Å². The quantitative estimate of drug-likeness (QED) is 0.616. The van der Waals surface area contributed by atoms with Gasteiger partial charge >= 0.3 is 5.69 Å². The molecule has 1 heterocycles. The second-order valence-electron chi connectivity index (χ2n) is 6.41. The average Bonchev–Trinajstić information content (AvgIpc) is 3.09. The lowest BCUT2D eigenvalue weighted by molar-refractivity contribution is -0.387. The zero-order chi connectivity index (χ0) is 19.6. The Morgan fingerprint density at radius 2 is 2.04 bits per heavy atom. The van der Waals surface area contributed by atoms with E-state index >= 15 is 0 Å². The number of nitro groups is 1. The molecule has 2 amide bonds. The number of rotatable bonds is 4. The molecule has 0 bridgehead atoms. The summed E-state index contributed by atoms with van der Waals surface area (Å²) in [7, 11) is 0. The van der Waals surface area contributed by atoms with Gasteiger partial charge in [0.1, 0.15) is 0 Å². The lowest BCUT2D eigenvalue weighted by Gasteiger charge is -2.19. The third-order valence-corrected chi connectivity index (χ3v) is 5.92. The molecule has 1 atom stereocenters. The highest BCUT2D eigenvalue weighted by molar-refractivity contribution is 7.14. The molecular weight excluding hydrogens is 373 g/mol. The smallest absolute Gasteiger partial charge is 0.267 e. The molecule has 0 saturated heterocycles. The first-order valence-electron chi connectivity index (χ1n) is 8.55. The van der Waals surface area contributed by atoms with Crippen molar-refractivity contribution in [3.05, 3.63) is 61.1 Å². The van der Waals surface area contributed by atoms with E-state index in [4.69, 9.17) is 0 Å². The molecule has 142 valence electrons. The maximum atomic E-state index is 13.3. The van der Waals surface area contributed by atoms with E-state index in [0.717, 1.165) is 43.9 Å². The summed E-state index contributed by atoms with van der Waals surface area (Å²) in [5.41, 5.74) is 4.77. The summed E-state index contributed by atoms with van der Waals surface area (Å²) in [5, 5.41) is 10.8. The number of hydrogen-bond acceptors (Lipinski definition) is 5. The number of hydrazine groups is 1. The Morgan fingerprint density at radius 1 is 1.30 bits per heavy atom. The Labute approximate surface area is 158 Å². The van der Waals surface area contributed by atoms with Crippen molar-refractivity contribution in [2.75, 3.05) is 0 Å². The molecular formula is C18H18FN3O4S. The number of nitro benzene ring substituents is 1. The summed E-state index contributed by atoms with van der Waals surface area (Å²) in [4.78, 5) is 35.9. The molecule has 0 saturated carbocycles. The minimum absolute atomic E-state index is 0.125. The van der Waals surface area contributed by atoms with E-state index in [1.54, 1.807) is 0 Å². The summed E-state index contributed by atoms with van der Waals surface area (Å²) in [5.74, 6) is -1.61. The third kappa shape index (κ3) is 4.13. The molecule has 0 unspecified atom stereocenters. The van der Waals surface area contributed by atoms with E-state index in [9.17, 15) is 24.1 Å². The molecule has 2 aromatic rings. The van der Waals surface area contributed by atoms with Crippen LogP contribution in [0.3, 0.4) is 0 Å². The van der Waals surface area contributed by atoms with Crippen LogP contribution in [0, 0.1) is 21.8 Å². The third-order valence-electron chi connectivity index (χ3n) is 4.68. The second-order valence-corrected chi connectivity index (χ2v) is 7.54. The van der Waals surface area contributed by atoms with Crippen LogP contribution >= 0.6 is 11.3 Å². The van der Waals surface area contributed by atoms with E-state index in [1.807, 2.05) is 6.07 Å². The number of halogens is 1. The lowest BCUT2D eigenvalue weighted by Crippen LogP contribution is -2.41. The van der Waals surface area contributed by atoms with E-state index in [1.165, 1.54) is 21.8 Å². The fraction of sp³-hybridized carbons (Fsp3) is 0.333. The first-order valence-corrected chi connectivity index (χ1v) is 9.37. The molecule has 9 heteroatoms. The van der Waals surface area contributed by atoms with Crippen LogP contribution in [0.2, 0.25) is 0 Å². The fourth-order valence-electron chi connectivity index (χ4n) is 3.10. The normalized spacial score (nSPS) is 15.7. The van der Waals surface area contributed by atoms with Crippen molar-refractivity contribution in [3.63, 3.8) is 0 Å². The van der Waals surface area contributed by atoms with Gasteiger partial charge in [0.15, 0.2) is 0 Å². The van der Waals surface area contributed by atoms with Crippen molar-refractivity contribution < 1.29 is 18.9 Å². The van der Waals surface area contributed by atoms with Gasteiger partial charge in [0.2, 0.25) is 5.82 Å². The molecule has 7 nitrogen and oxygen atoms in total. The Kier molecular flexibility index (Phi) is 5.50. The predicted octanol–water partition coefficient (Wildman–Crippen LogP) is 3.39. The van der Waals surface area contributed by atoms with Gasteiger partial charge in [-0.25, -0.2) is 0 Å². The minimum atomic E-state index is -1.03. The number of benzene rings is 1. The van der Waals surface area contributed by atoms with E-state index in [-0.39, 0.29) is 5.56 Å². The van der Waals surface area contributed by atoms with Gasteiger partial charge in [-0.15, -0.1) is 11.3 Å². The number of nitrogens with zero attached hydrogens (tertiary/aromatic N) is 1. The monoisotopic (exact) mass is 391 g/mol. The van der Waals surface area contributed by atoms with Gasteiger partial charge in [-0.1, -0.05) is 13.3 Å². The van der Waals surface area contributed by atoms with E-state index in [2.05, 4.69) is 17.8 Å². The van der Waals surface area contributed by atoms with Gasteiger partial charge in [0.25, 0.3) is 11.8 Å². The number of carbonyl (C=O) groups excluding carboxylic acids is 2. The zero-order valence-corrected chi connectivity index (χ0v) is 15.4. The van der Waals surface area contributed by atoms with Crippen molar-refractivity contribution in [1.82, 2.24) is 10.9 Å². The molecule has 1 aliphatic rings. The fourth-order valence-corrected chi connectivity index (χ4v) is 4.20. The van der Waals surface area contributed by atoms with Crippen LogP contribution in [0.25, 0.3) is 0 Å². The Balaban J connectivity index is 1.64. The van der Waals surface area contributed by atoms with Crippen molar-refractivity contribution in [2.24, 2.45) is 5.92 Å². The second kappa shape index (κ2) is 7.83. The highest BCUT2D eigenvalue weighted by Gasteiger charge is 2.23. The van der Waals surface area contributed by atoms with E-state index < -0.39 is 28.2 Å². The number of hydrogen-bond donors (Lipinski definition) is 2. The molecule has 0 aliphatic heterocycles. The van der Waals surface area contributed by atoms with Gasteiger partial charge in [-0.3, -0.25) is 30.6 Å². The van der Waals surface area contributed by atoms with Crippen molar-refractivity contribution in [2.45, 2.75) is 32.6 Å². The maximum absolute atomic E-state index is 13.3. The van der Waals surface area contributed by atoms with Gasteiger partial charge < -0.3 is 0 Å². The van der Waals surface area contributed by atoms with Crippen LogP contribution in [-0.2, 0) is 12.8 Å². The molecule has 27 heavy (non-hydrogen) atoms. The number of aryl methyl sites for hydroxylation is 1. The summed E-state index contributed by atoms with van der Waals surface area (Å²) in [6, 6.07) is 4.63. The molecule has 0 fully saturated rings.